The summed E-state index contributed by atoms with van der Waals surface area (Å²) in [4.78, 5) is 16.0. The number of carbonyl (C=O) groups excluding carboxylic acids is 1. The highest BCUT2D eigenvalue weighted by Crippen LogP contribution is 2.26. The highest BCUT2D eigenvalue weighted by atomic mass is 79.9. The summed E-state index contributed by atoms with van der Waals surface area (Å²) in [6, 6.07) is 8.69. The fourth-order valence-electron chi connectivity index (χ4n) is 1.43. The first kappa shape index (κ1) is 15.2. The number of pyridine rings is 1. The van der Waals surface area contributed by atoms with Crippen molar-refractivity contribution in [1.82, 2.24) is 4.98 Å². The van der Waals surface area contributed by atoms with E-state index in [1.807, 2.05) is 0 Å². The number of anilines is 2. The van der Waals surface area contributed by atoms with Gasteiger partial charge in [0.1, 0.15) is 5.03 Å². The predicted molar refractivity (Wildman–Crippen MR) is 87.2 cm³/mol. The van der Waals surface area contributed by atoms with E-state index >= 15 is 0 Å². The SMILES string of the molecule is Nc1ccc(NC(=O)CSc2ncccc2Cl)c(Br)c1. The van der Waals surface area contributed by atoms with Crippen LogP contribution in [0.2, 0.25) is 5.02 Å². The van der Waals surface area contributed by atoms with Gasteiger partial charge in [-0.3, -0.25) is 4.79 Å². The summed E-state index contributed by atoms with van der Waals surface area (Å²) in [5.74, 6) is 0.0929. The van der Waals surface area contributed by atoms with Crippen LogP contribution in [0.1, 0.15) is 0 Å². The molecular formula is C13H11BrClN3OS. The van der Waals surface area contributed by atoms with E-state index < -0.39 is 0 Å². The predicted octanol–water partition coefficient (Wildman–Crippen LogP) is 3.81. The average molecular weight is 373 g/mol. The Morgan fingerprint density at radius 3 is 2.95 bits per heavy atom. The molecule has 1 aromatic heterocycles. The molecule has 0 unspecified atom stereocenters. The van der Waals surface area contributed by atoms with Gasteiger partial charge in [0.25, 0.3) is 0 Å². The Balaban J connectivity index is 1.94. The number of benzene rings is 1. The standard InChI is InChI=1S/C13H11BrClN3OS/c14-9-6-8(16)3-4-11(9)18-12(19)7-20-13-10(15)2-1-5-17-13/h1-6H,7,16H2,(H,18,19). The Morgan fingerprint density at radius 1 is 1.45 bits per heavy atom. The third-order valence-electron chi connectivity index (χ3n) is 2.33. The molecule has 0 fully saturated rings. The third kappa shape index (κ3) is 4.13. The van der Waals surface area contributed by atoms with Gasteiger partial charge in [0.2, 0.25) is 5.91 Å². The number of hydrogen-bond acceptors (Lipinski definition) is 4. The lowest BCUT2D eigenvalue weighted by atomic mass is 10.3. The number of carbonyl (C=O) groups is 1. The fourth-order valence-corrected chi connectivity index (χ4v) is 2.89. The zero-order valence-corrected chi connectivity index (χ0v) is 13.4. The van der Waals surface area contributed by atoms with Crippen molar-refractivity contribution in [3.05, 3.63) is 46.0 Å². The monoisotopic (exact) mass is 371 g/mol. The second kappa shape index (κ2) is 6.97. The first-order valence-corrected chi connectivity index (χ1v) is 7.80. The number of nitrogens with two attached hydrogens (primary N) is 1. The fraction of sp³-hybridized carbons (Fsp3) is 0.0769. The Bertz CT molecular complexity index is 639. The topological polar surface area (TPSA) is 68.0 Å². The van der Waals surface area contributed by atoms with Crippen LogP contribution in [0.5, 0.6) is 0 Å². The number of hydrogen-bond donors (Lipinski definition) is 2. The molecular weight excluding hydrogens is 362 g/mol. The molecule has 0 radical (unpaired) electrons. The van der Waals surface area contributed by atoms with Gasteiger partial charge in [0.15, 0.2) is 0 Å². The molecule has 0 aliphatic rings. The Morgan fingerprint density at radius 2 is 2.25 bits per heavy atom. The molecule has 1 aromatic carbocycles. The minimum atomic E-state index is -0.137. The zero-order chi connectivity index (χ0) is 14.5. The first-order valence-electron chi connectivity index (χ1n) is 5.64. The molecule has 0 saturated carbocycles. The highest BCUT2D eigenvalue weighted by Gasteiger charge is 2.08. The van der Waals surface area contributed by atoms with Crippen molar-refractivity contribution in [1.29, 1.82) is 0 Å². The van der Waals surface area contributed by atoms with E-state index in [2.05, 4.69) is 26.2 Å². The summed E-state index contributed by atoms with van der Waals surface area (Å²) in [6.07, 6.45) is 1.64. The van der Waals surface area contributed by atoms with Crippen LogP contribution in [-0.2, 0) is 4.79 Å². The maximum atomic E-state index is 11.9. The minimum Gasteiger partial charge on any atom is -0.399 e. The lowest BCUT2D eigenvalue weighted by molar-refractivity contribution is -0.113. The second-order valence-electron chi connectivity index (χ2n) is 3.87. The smallest absolute Gasteiger partial charge is 0.234 e. The summed E-state index contributed by atoms with van der Waals surface area (Å²) < 4.78 is 0.742. The molecule has 20 heavy (non-hydrogen) atoms. The van der Waals surface area contributed by atoms with E-state index in [0.29, 0.717) is 21.4 Å². The molecule has 0 aliphatic heterocycles. The second-order valence-corrected chi connectivity index (χ2v) is 6.09. The van der Waals surface area contributed by atoms with Gasteiger partial charge < -0.3 is 11.1 Å². The molecule has 0 spiro atoms. The highest BCUT2D eigenvalue weighted by molar-refractivity contribution is 9.10. The van der Waals surface area contributed by atoms with Crippen molar-refractivity contribution < 1.29 is 4.79 Å². The van der Waals surface area contributed by atoms with Gasteiger partial charge in [-0.2, -0.15) is 0 Å². The van der Waals surface area contributed by atoms with E-state index in [0.717, 1.165) is 4.47 Å². The molecule has 0 bridgehead atoms. The zero-order valence-electron chi connectivity index (χ0n) is 10.3. The summed E-state index contributed by atoms with van der Waals surface area (Å²) in [5, 5.41) is 3.97. The number of thioether (sulfide) groups is 1. The van der Waals surface area contributed by atoms with Crippen molar-refractivity contribution in [2.75, 3.05) is 16.8 Å². The molecule has 0 aliphatic carbocycles. The molecule has 0 atom stereocenters. The normalized spacial score (nSPS) is 10.3. The molecule has 1 amide bonds. The van der Waals surface area contributed by atoms with Crippen LogP contribution in [-0.4, -0.2) is 16.6 Å². The van der Waals surface area contributed by atoms with Crippen LogP contribution in [0, 0.1) is 0 Å². The lowest BCUT2D eigenvalue weighted by Crippen LogP contribution is -2.14. The summed E-state index contributed by atoms with van der Waals surface area (Å²) >= 11 is 10.6. The van der Waals surface area contributed by atoms with E-state index in [-0.39, 0.29) is 11.7 Å². The largest absolute Gasteiger partial charge is 0.399 e. The van der Waals surface area contributed by atoms with Gasteiger partial charge in [0.05, 0.1) is 16.5 Å². The van der Waals surface area contributed by atoms with E-state index in [1.165, 1.54) is 11.8 Å². The molecule has 2 rings (SSSR count). The quantitative estimate of drug-likeness (QED) is 0.632. The average Bonchev–Trinajstić information content (AvgIpc) is 2.41. The summed E-state index contributed by atoms with van der Waals surface area (Å²) in [5.41, 5.74) is 6.95. The van der Waals surface area contributed by atoms with Crippen LogP contribution in [0.3, 0.4) is 0 Å². The van der Waals surface area contributed by atoms with Crippen LogP contribution < -0.4 is 11.1 Å². The number of nitrogen functional groups attached to an aromatic ring is 1. The van der Waals surface area contributed by atoms with Crippen molar-refractivity contribution in [3.63, 3.8) is 0 Å². The molecule has 2 aromatic rings. The molecule has 104 valence electrons. The molecule has 7 heteroatoms. The van der Waals surface area contributed by atoms with Crippen molar-refractivity contribution in [2.45, 2.75) is 5.03 Å². The molecule has 0 saturated heterocycles. The molecule has 3 N–H and O–H groups in total. The van der Waals surface area contributed by atoms with Crippen molar-refractivity contribution in [2.24, 2.45) is 0 Å². The number of nitrogens with zero attached hydrogens (tertiary/aromatic N) is 1. The van der Waals surface area contributed by atoms with Gasteiger partial charge in [-0.05, 0) is 46.3 Å². The van der Waals surface area contributed by atoms with Gasteiger partial charge in [0, 0.05) is 16.4 Å². The van der Waals surface area contributed by atoms with E-state index in [1.54, 1.807) is 36.5 Å². The van der Waals surface area contributed by atoms with Crippen LogP contribution >= 0.6 is 39.3 Å². The van der Waals surface area contributed by atoms with Crippen LogP contribution in [0.15, 0.2) is 46.0 Å². The number of aromatic nitrogens is 1. The van der Waals surface area contributed by atoms with Gasteiger partial charge in [-0.1, -0.05) is 23.4 Å². The van der Waals surface area contributed by atoms with E-state index in [4.69, 9.17) is 17.3 Å². The van der Waals surface area contributed by atoms with E-state index in [9.17, 15) is 4.79 Å². The Labute approximate surface area is 134 Å². The first-order chi connectivity index (χ1) is 9.56. The Kier molecular flexibility index (Phi) is 5.28. The lowest BCUT2D eigenvalue weighted by Gasteiger charge is -2.08. The third-order valence-corrected chi connectivity index (χ3v) is 4.41. The minimum absolute atomic E-state index is 0.137. The maximum absolute atomic E-state index is 11.9. The summed E-state index contributed by atoms with van der Waals surface area (Å²) in [7, 11) is 0. The van der Waals surface area contributed by atoms with Gasteiger partial charge >= 0.3 is 0 Å². The number of amides is 1. The van der Waals surface area contributed by atoms with Crippen molar-refractivity contribution >= 4 is 56.6 Å². The van der Waals surface area contributed by atoms with Crippen molar-refractivity contribution in [3.8, 4) is 0 Å². The van der Waals surface area contributed by atoms with Crippen LogP contribution in [0.4, 0.5) is 11.4 Å². The molecule has 4 nitrogen and oxygen atoms in total. The number of halogens is 2. The molecule has 1 heterocycles. The maximum Gasteiger partial charge on any atom is 0.234 e. The Hall–Kier alpha value is -1.24. The van der Waals surface area contributed by atoms with Gasteiger partial charge in [-0.25, -0.2) is 4.98 Å². The van der Waals surface area contributed by atoms with Gasteiger partial charge in [-0.15, -0.1) is 0 Å². The number of rotatable bonds is 4. The summed E-state index contributed by atoms with van der Waals surface area (Å²) in [6.45, 7) is 0. The van der Waals surface area contributed by atoms with Crippen LogP contribution in [0.25, 0.3) is 0 Å². The number of nitrogens with one attached hydrogen (secondary N) is 1.